The van der Waals surface area contributed by atoms with Crippen LogP contribution < -0.4 is 11.3 Å². The normalized spacial score (nSPS) is 26.2. The fourth-order valence-corrected chi connectivity index (χ4v) is 3.55. The van der Waals surface area contributed by atoms with E-state index < -0.39 is 0 Å². The molecule has 2 N–H and O–H groups in total. The summed E-state index contributed by atoms with van der Waals surface area (Å²) in [5.74, 6) is 0.820. The van der Waals surface area contributed by atoms with Crippen molar-refractivity contribution in [2.24, 2.45) is 11.7 Å². The zero-order valence-electron chi connectivity index (χ0n) is 13.4. The Kier molecular flexibility index (Phi) is 5.59. The number of nitrogens with zero attached hydrogens (tertiary/aromatic N) is 2. The van der Waals surface area contributed by atoms with Gasteiger partial charge in [0, 0.05) is 37.4 Å². The van der Waals surface area contributed by atoms with Gasteiger partial charge in [-0.15, -0.1) is 0 Å². The van der Waals surface area contributed by atoms with Crippen LogP contribution in [0.3, 0.4) is 0 Å². The van der Waals surface area contributed by atoms with Crippen molar-refractivity contribution in [1.29, 1.82) is 0 Å². The topological polar surface area (TPSA) is 51.3 Å². The van der Waals surface area contributed by atoms with Gasteiger partial charge in [-0.3, -0.25) is 9.69 Å². The van der Waals surface area contributed by atoms with Crippen molar-refractivity contribution in [1.82, 2.24) is 9.47 Å². The summed E-state index contributed by atoms with van der Waals surface area (Å²) in [5, 5.41) is 0. The first-order valence-electron chi connectivity index (χ1n) is 8.22. The lowest BCUT2D eigenvalue weighted by atomic mass is 9.76. The second-order valence-corrected chi connectivity index (χ2v) is 6.42. The van der Waals surface area contributed by atoms with Gasteiger partial charge in [-0.05, 0) is 44.2 Å². The molecule has 1 aromatic rings. The van der Waals surface area contributed by atoms with Crippen molar-refractivity contribution in [2.45, 2.75) is 51.6 Å². The minimum Gasteiger partial charge on any atom is -0.329 e. The van der Waals surface area contributed by atoms with E-state index in [1.54, 1.807) is 16.7 Å². The molecule has 1 saturated carbocycles. The summed E-state index contributed by atoms with van der Waals surface area (Å²) in [7, 11) is 0. The summed E-state index contributed by atoms with van der Waals surface area (Å²) in [4.78, 5) is 14.3. The molecule has 4 heteroatoms. The SMILES string of the molecule is CCN(CCn1ccccc1=O)C1(CN)CCC(C)CC1. The third kappa shape index (κ3) is 3.74. The summed E-state index contributed by atoms with van der Waals surface area (Å²) in [6.45, 7) is 7.88. The van der Waals surface area contributed by atoms with Crippen molar-refractivity contribution in [3.63, 3.8) is 0 Å². The van der Waals surface area contributed by atoms with Crippen molar-refractivity contribution in [3.05, 3.63) is 34.7 Å². The van der Waals surface area contributed by atoms with Crippen LogP contribution >= 0.6 is 0 Å². The predicted molar refractivity (Wildman–Crippen MR) is 87.4 cm³/mol. The van der Waals surface area contributed by atoms with Gasteiger partial charge in [-0.25, -0.2) is 0 Å². The molecule has 0 amide bonds. The molecule has 0 saturated heterocycles. The van der Waals surface area contributed by atoms with Gasteiger partial charge in [0.15, 0.2) is 0 Å². The van der Waals surface area contributed by atoms with Gasteiger partial charge in [0.25, 0.3) is 5.56 Å². The Bertz CT molecular complexity index is 489. The molecule has 2 rings (SSSR count). The third-order valence-electron chi connectivity index (χ3n) is 5.15. The van der Waals surface area contributed by atoms with Gasteiger partial charge in [-0.1, -0.05) is 19.9 Å². The van der Waals surface area contributed by atoms with E-state index in [1.807, 2.05) is 12.3 Å². The second kappa shape index (κ2) is 7.23. The number of hydrogen-bond donors (Lipinski definition) is 1. The molecule has 1 fully saturated rings. The van der Waals surface area contributed by atoms with E-state index in [1.165, 1.54) is 25.7 Å². The zero-order valence-corrected chi connectivity index (χ0v) is 13.4. The van der Waals surface area contributed by atoms with E-state index in [0.717, 1.165) is 32.1 Å². The van der Waals surface area contributed by atoms with Crippen LogP contribution in [0, 0.1) is 5.92 Å². The third-order valence-corrected chi connectivity index (χ3v) is 5.15. The Morgan fingerprint density at radius 3 is 2.67 bits per heavy atom. The molecule has 0 radical (unpaired) electrons. The van der Waals surface area contributed by atoms with Crippen molar-refractivity contribution < 1.29 is 0 Å². The molecule has 1 heterocycles. The molecule has 0 atom stereocenters. The monoisotopic (exact) mass is 291 g/mol. The van der Waals surface area contributed by atoms with Crippen LogP contribution in [-0.4, -0.2) is 34.6 Å². The van der Waals surface area contributed by atoms with Crippen molar-refractivity contribution >= 4 is 0 Å². The fraction of sp³-hybridized carbons (Fsp3) is 0.706. The molecular formula is C17H29N3O. The van der Waals surface area contributed by atoms with Crippen LogP contribution in [0.25, 0.3) is 0 Å². The minimum atomic E-state index is 0.0765. The highest BCUT2D eigenvalue weighted by Gasteiger charge is 2.37. The Morgan fingerprint density at radius 1 is 1.38 bits per heavy atom. The molecule has 1 aliphatic carbocycles. The first-order chi connectivity index (χ1) is 10.1. The average Bonchev–Trinajstić information content (AvgIpc) is 2.51. The second-order valence-electron chi connectivity index (χ2n) is 6.42. The number of hydrogen-bond acceptors (Lipinski definition) is 3. The summed E-state index contributed by atoms with van der Waals surface area (Å²) < 4.78 is 1.79. The summed E-state index contributed by atoms with van der Waals surface area (Å²) in [6, 6.07) is 5.33. The molecule has 0 unspecified atom stereocenters. The average molecular weight is 291 g/mol. The quantitative estimate of drug-likeness (QED) is 0.873. The summed E-state index contributed by atoms with van der Waals surface area (Å²) >= 11 is 0. The van der Waals surface area contributed by atoms with E-state index in [-0.39, 0.29) is 11.1 Å². The predicted octanol–water partition coefficient (Wildman–Crippen LogP) is 2.08. The van der Waals surface area contributed by atoms with Crippen LogP contribution in [0.2, 0.25) is 0 Å². The highest BCUT2D eigenvalue weighted by Crippen LogP contribution is 2.35. The maximum atomic E-state index is 11.8. The van der Waals surface area contributed by atoms with Gasteiger partial charge in [0.2, 0.25) is 0 Å². The smallest absolute Gasteiger partial charge is 0.250 e. The van der Waals surface area contributed by atoms with E-state index in [2.05, 4.69) is 18.7 Å². The van der Waals surface area contributed by atoms with Gasteiger partial charge in [0.05, 0.1) is 0 Å². The fourth-order valence-electron chi connectivity index (χ4n) is 3.55. The molecule has 0 bridgehead atoms. The van der Waals surface area contributed by atoms with Crippen molar-refractivity contribution in [2.75, 3.05) is 19.6 Å². The van der Waals surface area contributed by atoms with E-state index in [4.69, 9.17) is 5.73 Å². The lowest BCUT2D eigenvalue weighted by molar-refractivity contribution is 0.0459. The van der Waals surface area contributed by atoms with Gasteiger partial charge in [0.1, 0.15) is 0 Å². The molecule has 1 aliphatic rings. The molecule has 0 aromatic carbocycles. The van der Waals surface area contributed by atoms with Crippen LogP contribution in [0.4, 0.5) is 0 Å². The minimum absolute atomic E-state index is 0.0765. The number of nitrogens with two attached hydrogens (primary N) is 1. The van der Waals surface area contributed by atoms with E-state index >= 15 is 0 Å². The highest BCUT2D eigenvalue weighted by atomic mass is 16.1. The van der Waals surface area contributed by atoms with Crippen LogP contribution in [-0.2, 0) is 6.54 Å². The lowest BCUT2D eigenvalue weighted by Gasteiger charge is -2.47. The summed E-state index contributed by atoms with van der Waals surface area (Å²) in [6.07, 6.45) is 6.76. The lowest BCUT2D eigenvalue weighted by Crippen LogP contribution is -2.56. The number of pyridine rings is 1. The first kappa shape index (κ1) is 16.2. The van der Waals surface area contributed by atoms with Gasteiger partial charge >= 0.3 is 0 Å². The molecule has 21 heavy (non-hydrogen) atoms. The molecule has 4 nitrogen and oxygen atoms in total. The Morgan fingerprint density at radius 2 is 2.10 bits per heavy atom. The maximum absolute atomic E-state index is 11.8. The van der Waals surface area contributed by atoms with Gasteiger partial charge < -0.3 is 10.3 Å². The number of likely N-dealkylation sites (N-methyl/N-ethyl adjacent to an activating group) is 1. The Balaban J connectivity index is 2.04. The number of rotatable bonds is 6. The van der Waals surface area contributed by atoms with Crippen LogP contribution in [0.1, 0.15) is 39.5 Å². The van der Waals surface area contributed by atoms with Gasteiger partial charge in [-0.2, -0.15) is 0 Å². The first-order valence-corrected chi connectivity index (χ1v) is 8.22. The Hall–Kier alpha value is -1.13. The molecule has 0 spiro atoms. The Labute approximate surface area is 127 Å². The molecule has 1 aromatic heterocycles. The molecule has 118 valence electrons. The van der Waals surface area contributed by atoms with E-state index in [0.29, 0.717) is 0 Å². The molecular weight excluding hydrogens is 262 g/mol. The standard InChI is InChI=1S/C17H29N3O/c1-3-20(13-12-19-11-5-4-6-16(19)21)17(14-18)9-7-15(2)8-10-17/h4-6,11,15H,3,7-10,12-14,18H2,1-2H3. The largest absolute Gasteiger partial charge is 0.329 e. The van der Waals surface area contributed by atoms with Crippen LogP contribution in [0.15, 0.2) is 29.2 Å². The molecule has 0 aliphatic heterocycles. The van der Waals surface area contributed by atoms with Crippen molar-refractivity contribution in [3.8, 4) is 0 Å². The maximum Gasteiger partial charge on any atom is 0.250 e. The highest BCUT2D eigenvalue weighted by molar-refractivity contribution is 4.96. The number of aromatic nitrogens is 1. The van der Waals surface area contributed by atoms with E-state index in [9.17, 15) is 4.79 Å². The zero-order chi connectivity index (χ0) is 15.3. The summed E-state index contributed by atoms with van der Waals surface area (Å²) in [5.41, 5.74) is 6.36. The van der Waals surface area contributed by atoms with Crippen LogP contribution in [0.5, 0.6) is 0 Å².